The van der Waals surface area contributed by atoms with Gasteiger partial charge in [-0.25, -0.2) is 0 Å². The van der Waals surface area contributed by atoms with Crippen LogP contribution in [0.2, 0.25) is 0 Å². The summed E-state index contributed by atoms with van der Waals surface area (Å²) in [4.78, 5) is 2.62. The predicted molar refractivity (Wildman–Crippen MR) is 53.6 cm³/mol. The Bertz CT molecular complexity index is 388. The molecule has 0 radical (unpaired) electrons. The molecule has 6 nitrogen and oxygen atoms in total. The van der Waals surface area contributed by atoms with Gasteiger partial charge in [-0.05, 0) is 23.2 Å². The largest absolute Gasteiger partial charge is 0.504 e. The lowest BCUT2D eigenvalue weighted by Gasteiger charge is -2.10. The van der Waals surface area contributed by atoms with Gasteiger partial charge < -0.3 is 14.9 Å². The molecule has 1 atom stereocenters. The summed E-state index contributed by atoms with van der Waals surface area (Å²) >= 11 is 0. The van der Waals surface area contributed by atoms with E-state index in [4.69, 9.17) is 15.4 Å². The number of nitrogens with zero attached hydrogens (tertiary/aromatic N) is 3. The molecule has 0 bridgehead atoms. The Morgan fingerprint density at radius 1 is 1.60 bits per heavy atom. The van der Waals surface area contributed by atoms with Crippen molar-refractivity contribution in [1.29, 1.82) is 0 Å². The maximum absolute atomic E-state index is 9.33. The molecule has 1 unspecified atom stereocenters. The SMILES string of the molecule is COc1cc(C(CO)N=[N+]=[N-])ccc1O. The quantitative estimate of drug-likeness (QED) is 0.448. The van der Waals surface area contributed by atoms with Gasteiger partial charge in [-0.15, -0.1) is 0 Å². The fraction of sp³-hybridized carbons (Fsp3) is 0.333. The number of azide groups is 1. The van der Waals surface area contributed by atoms with Crippen molar-refractivity contribution in [2.45, 2.75) is 6.04 Å². The van der Waals surface area contributed by atoms with Crippen LogP contribution in [-0.4, -0.2) is 23.9 Å². The highest BCUT2D eigenvalue weighted by atomic mass is 16.5. The van der Waals surface area contributed by atoms with Crippen LogP contribution in [0.25, 0.3) is 10.4 Å². The first-order chi connectivity index (χ1) is 7.22. The normalized spacial score (nSPS) is 11.6. The number of aromatic hydroxyl groups is 1. The number of aliphatic hydroxyl groups excluding tert-OH is 1. The summed E-state index contributed by atoms with van der Waals surface area (Å²) < 4.78 is 4.89. The van der Waals surface area contributed by atoms with Crippen LogP contribution in [0.15, 0.2) is 23.3 Å². The lowest BCUT2D eigenvalue weighted by atomic mass is 10.1. The summed E-state index contributed by atoms with van der Waals surface area (Å²) in [6.45, 7) is -0.294. The zero-order chi connectivity index (χ0) is 11.3. The molecule has 1 aromatic rings. The zero-order valence-corrected chi connectivity index (χ0v) is 8.16. The Balaban J connectivity index is 3.08. The molecule has 1 aromatic carbocycles. The lowest BCUT2D eigenvalue weighted by molar-refractivity contribution is 0.267. The van der Waals surface area contributed by atoms with E-state index in [1.54, 1.807) is 6.07 Å². The van der Waals surface area contributed by atoms with Crippen LogP contribution < -0.4 is 4.74 Å². The molecule has 0 aliphatic carbocycles. The van der Waals surface area contributed by atoms with Gasteiger partial charge in [0.25, 0.3) is 0 Å². The zero-order valence-electron chi connectivity index (χ0n) is 8.16. The van der Waals surface area contributed by atoms with E-state index in [1.165, 1.54) is 19.2 Å². The molecule has 6 heteroatoms. The third kappa shape index (κ3) is 2.52. The van der Waals surface area contributed by atoms with Crippen LogP contribution in [0, 0.1) is 0 Å². The molecule has 0 aromatic heterocycles. The molecule has 0 aliphatic heterocycles. The van der Waals surface area contributed by atoms with Crippen molar-refractivity contribution in [3.63, 3.8) is 0 Å². The van der Waals surface area contributed by atoms with Crippen molar-refractivity contribution in [1.82, 2.24) is 0 Å². The van der Waals surface area contributed by atoms with E-state index in [9.17, 15) is 5.11 Å². The van der Waals surface area contributed by atoms with Gasteiger partial charge in [0.05, 0.1) is 19.8 Å². The molecule has 0 fully saturated rings. The minimum atomic E-state index is -0.663. The summed E-state index contributed by atoms with van der Waals surface area (Å²) in [7, 11) is 1.42. The Morgan fingerprint density at radius 2 is 2.33 bits per heavy atom. The smallest absolute Gasteiger partial charge is 0.160 e. The Morgan fingerprint density at radius 3 is 2.87 bits per heavy atom. The number of phenols is 1. The second kappa shape index (κ2) is 5.09. The molecule has 0 heterocycles. The Labute approximate surface area is 86.4 Å². The number of benzene rings is 1. The number of rotatable bonds is 4. The topological polar surface area (TPSA) is 98.5 Å². The van der Waals surface area contributed by atoms with Crippen molar-refractivity contribution in [2.75, 3.05) is 13.7 Å². The molecule has 0 spiro atoms. The van der Waals surface area contributed by atoms with Crippen LogP contribution in [-0.2, 0) is 0 Å². The Hall–Kier alpha value is -1.91. The second-order valence-corrected chi connectivity index (χ2v) is 2.83. The van der Waals surface area contributed by atoms with Gasteiger partial charge >= 0.3 is 0 Å². The minimum Gasteiger partial charge on any atom is -0.504 e. The first-order valence-corrected chi connectivity index (χ1v) is 4.25. The standard InChI is InChI=1S/C9H11N3O3/c1-15-9-4-6(2-3-8(9)14)7(5-13)11-12-10/h2-4,7,13-14H,5H2,1H3. The number of aliphatic hydroxyl groups is 1. The molecule has 0 aliphatic rings. The molecule has 2 N–H and O–H groups in total. The Kier molecular flexibility index (Phi) is 3.79. The van der Waals surface area contributed by atoms with Gasteiger partial charge in [0, 0.05) is 4.91 Å². The predicted octanol–water partition coefficient (Wildman–Crippen LogP) is 1.74. The first-order valence-electron chi connectivity index (χ1n) is 4.25. The average molecular weight is 209 g/mol. The summed E-state index contributed by atoms with van der Waals surface area (Å²) in [6.07, 6.45) is 0. The summed E-state index contributed by atoms with van der Waals surface area (Å²) in [5.41, 5.74) is 8.86. The number of phenolic OH excluding ortho intramolecular Hbond substituents is 1. The van der Waals surface area contributed by atoms with E-state index in [0.29, 0.717) is 5.56 Å². The van der Waals surface area contributed by atoms with Gasteiger partial charge in [-0.3, -0.25) is 0 Å². The second-order valence-electron chi connectivity index (χ2n) is 2.83. The molecule has 0 saturated carbocycles. The molecular formula is C9H11N3O3. The fourth-order valence-electron chi connectivity index (χ4n) is 1.17. The fourth-order valence-corrected chi connectivity index (χ4v) is 1.17. The number of hydrogen-bond donors (Lipinski definition) is 2. The third-order valence-electron chi connectivity index (χ3n) is 1.95. The maximum atomic E-state index is 9.33. The highest BCUT2D eigenvalue weighted by Gasteiger charge is 2.10. The average Bonchev–Trinajstić information content (AvgIpc) is 2.27. The van der Waals surface area contributed by atoms with E-state index < -0.39 is 6.04 Å². The molecule has 80 valence electrons. The number of hydrogen-bond acceptors (Lipinski definition) is 4. The summed E-state index contributed by atoms with van der Waals surface area (Å²) in [6, 6.07) is 3.84. The van der Waals surface area contributed by atoms with Crippen molar-refractivity contribution in [3.05, 3.63) is 34.2 Å². The molecule has 0 amide bonds. The van der Waals surface area contributed by atoms with Gasteiger partial charge in [0.15, 0.2) is 11.5 Å². The van der Waals surface area contributed by atoms with Crippen LogP contribution in [0.3, 0.4) is 0 Å². The van der Waals surface area contributed by atoms with Crippen molar-refractivity contribution in [3.8, 4) is 11.5 Å². The van der Waals surface area contributed by atoms with Crippen LogP contribution in [0.5, 0.6) is 11.5 Å². The van der Waals surface area contributed by atoms with Gasteiger partial charge in [-0.2, -0.15) is 0 Å². The van der Waals surface area contributed by atoms with Gasteiger partial charge in [0.1, 0.15) is 0 Å². The van der Waals surface area contributed by atoms with E-state index in [1.807, 2.05) is 0 Å². The highest BCUT2D eigenvalue weighted by molar-refractivity contribution is 5.42. The third-order valence-corrected chi connectivity index (χ3v) is 1.95. The van der Waals surface area contributed by atoms with Crippen LogP contribution in [0.4, 0.5) is 0 Å². The van der Waals surface area contributed by atoms with E-state index in [2.05, 4.69) is 10.0 Å². The van der Waals surface area contributed by atoms with Crippen molar-refractivity contribution < 1.29 is 14.9 Å². The summed E-state index contributed by atoms with van der Waals surface area (Å²) in [5, 5.41) is 21.7. The van der Waals surface area contributed by atoms with Gasteiger partial charge in [-0.1, -0.05) is 11.2 Å². The minimum absolute atomic E-state index is 0.00104. The molecular weight excluding hydrogens is 198 g/mol. The highest BCUT2D eigenvalue weighted by Crippen LogP contribution is 2.29. The van der Waals surface area contributed by atoms with E-state index >= 15 is 0 Å². The molecule has 1 rings (SSSR count). The lowest BCUT2D eigenvalue weighted by Crippen LogP contribution is -2.00. The van der Waals surface area contributed by atoms with E-state index in [-0.39, 0.29) is 18.1 Å². The first kappa shape index (κ1) is 11.2. The monoisotopic (exact) mass is 209 g/mol. The summed E-state index contributed by atoms with van der Waals surface area (Å²) in [5.74, 6) is 0.276. The van der Waals surface area contributed by atoms with Gasteiger partial charge in [0.2, 0.25) is 0 Å². The maximum Gasteiger partial charge on any atom is 0.160 e. The van der Waals surface area contributed by atoms with Crippen molar-refractivity contribution >= 4 is 0 Å². The van der Waals surface area contributed by atoms with Crippen LogP contribution in [0.1, 0.15) is 11.6 Å². The van der Waals surface area contributed by atoms with Crippen molar-refractivity contribution in [2.24, 2.45) is 5.11 Å². The van der Waals surface area contributed by atoms with Crippen LogP contribution >= 0.6 is 0 Å². The molecule has 0 saturated heterocycles. The number of methoxy groups -OCH3 is 1. The number of ether oxygens (including phenoxy) is 1. The molecule has 15 heavy (non-hydrogen) atoms. The van der Waals surface area contributed by atoms with E-state index in [0.717, 1.165) is 0 Å².